The lowest BCUT2D eigenvalue weighted by atomic mass is 9.85. The molecule has 1 N–H and O–H groups in total. The number of rotatable bonds is 9. The number of piperidine rings is 1. The second-order valence-corrected chi connectivity index (χ2v) is 8.94. The van der Waals surface area contributed by atoms with Crippen LogP contribution in [0.5, 0.6) is 11.5 Å². The van der Waals surface area contributed by atoms with E-state index < -0.39 is 5.54 Å². The summed E-state index contributed by atoms with van der Waals surface area (Å²) in [6, 6.07) is 15.3. The van der Waals surface area contributed by atoms with Crippen LogP contribution in [-0.4, -0.2) is 77.7 Å². The first-order valence-electron chi connectivity index (χ1n) is 11.9. The summed E-state index contributed by atoms with van der Waals surface area (Å²) in [5.41, 5.74) is 1.25. The van der Waals surface area contributed by atoms with E-state index in [0.29, 0.717) is 38.9 Å². The average molecular weight is 480 g/mol. The second-order valence-electron chi connectivity index (χ2n) is 8.94. The van der Waals surface area contributed by atoms with Gasteiger partial charge in [-0.15, -0.1) is 0 Å². The van der Waals surface area contributed by atoms with E-state index in [9.17, 15) is 14.7 Å². The zero-order chi connectivity index (χ0) is 24.8. The number of amides is 3. The Morgan fingerprint density at radius 2 is 1.63 bits per heavy atom. The van der Waals surface area contributed by atoms with E-state index in [1.54, 1.807) is 25.3 Å². The summed E-state index contributed by atoms with van der Waals surface area (Å²) in [5, 5.41) is 9.63. The van der Waals surface area contributed by atoms with Crippen molar-refractivity contribution in [3.8, 4) is 11.5 Å². The van der Waals surface area contributed by atoms with Crippen LogP contribution in [0.2, 0.25) is 0 Å². The Kier molecular flexibility index (Phi) is 7.73. The molecule has 0 atom stereocenters. The molecule has 2 aromatic rings. The first-order valence-corrected chi connectivity index (χ1v) is 11.9. The van der Waals surface area contributed by atoms with E-state index in [0.717, 1.165) is 22.6 Å². The third-order valence-electron chi connectivity index (χ3n) is 6.85. The molecule has 1 spiro atoms. The lowest BCUT2D eigenvalue weighted by Gasteiger charge is -2.42. The van der Waals surface area contributed by atoms with Crippen molar-refractivity contribution in [2.45, 2.75) is 31.3 Å². The number of ether oxygens (including phenoxy) is 2. The Hall–Kier alpha value is -3.36. The van der Waals surface area contributed by atoms with E-state index in [4.69, 9.17) is 9.47 Å². The summed E-state index contributed by atoms with van der Waals surface area (Å²) in [7, 11) is 3.25. The molecule has 2 fully saturated rings. The molecule has 0 unspecified atom stereocenters. The van der Waals surface area contributed by atoms with Crippen molar-refractivity contribution in [3.05, 3.63) is 71.9 Å². The normalized spacial score (nSPS) is 18.1. The van der Waals surface area contributed by atoms with Gasteiger partial charge in [-0.2, -0.15) is 0 Å². The number of hydrogen-bond donors (Lipinski definition) is 1. The van der Waals surface area contributed by atoms with Crippen molar-refractivity contribution < 1.29 is 24.2 Å². The topological polar surface area (TPSA) is 82.6 Å². The van der Waals surface area contributed by atoms with Gasteiger partial charge >= 0.3 is 6.03 Å². The fraction of sp³-hybridized carbons (Fsp3) is 0.407. The fourth-order valence-electron chi connectivity index (χ4n) is 4.97. The minimum atomic E-state index is -0.917. The molecule has 0 saturated carbocycles. The van der Waals surface area contributed by atoms with Crippen molar-refractivity contribution in [3.63, 3.8) is 0 Å². The molecule has 2 heterocycles. The van der Waals surface area contributed by atoms with Gasteiger partial charge in [-0.25, -0.2) is 9.69 Å². The number of urea groups is 1. The van der Waals surface area contributed by atoms with E-state index in [1.807, 2.05) is 54.6 Å². The molecule has 0 radical (unpaired) electrons. The second kappa shape index (κ2) is 10.9. The quantitative estimate of drug-likeness (QED) is 0.557. The number of carbonyl (C=O) groups is 2. The van der Waals surface area contributed by atoms with Crippen LogP contribution >= 0.6 is 0 Å². The molecule has 4 rings (SSSR count). The molecule has 8 heteroatoms. The maximum absolute atomic E-state index is 13.5. The molecule has 2 aliphatic rings. The fourth-order valence-corrected chi connectivity index (χ4v) is 4.97. The third kappa shape index (κ3) is 5.18. The number of imide groups is 1. The van der Waals surface area contributed by atoms with Crippen molar-refractivity contribution in [2.24, 2.45) is 0 Å². The number of aliphatic hydroxyl groups excluding tert-OH is 1. The number of nitrogens with zero attached hydrogens (tertiary/aromatic N) is 3. The van der Waals surface area contributed by atoms with Gasteiger partial charge in [-0.1, -0.05) is 36.4 Å². The SMILES string of the molecule is COc1cc(CN2CCC3(CC2)C(=O)N(/C=C/Cc2ccccc2)C(=O)N3CCO)cc(OC)c1. The van der Waals surface area contributed by atoms with Gasteiger partial charge in [0.25, 0.3) is 5.91 Å². The Bertz CT molecular complexity index is 1040. The molecule has 0 bridgehead atoms. The van der Waals surface area contributed by atoms with Crippen molar-refractivity contribution in [1.82, 2.24) is 14.7 Å². The number of hydrogen-bond acceptors (Lipinski definition) is 6. The van der Waals surface area contributed by atoms with Crippen LogP contribution in [0.1, 0.15) is 24.0 Å². The molecule has 0 aromatic heterocycles. The van der Waals surface area contributed by atoms with Crippen molar-refractivity contribution in [2.75, 3.05) is 40.5 Å². The van der Waals surface area contributed by atoms with Crippen LogP contribution in [0.4, 0.5) is 4.79 Å². The maximum Gasteiger partial charge on any atom is 0.331 e. The first-order chi connectivity index (χ1) is 17.0. The van der Waals surface area contributed by atoms with Gasteiger partial charge in [-0.3, -0.25) is 9.69 Å². The van der Waals surface area contributed by atoms with Crippen LogP contribution < -0.4 is 9.47 Å². The van der Waals surface area contributed by atoms with Crippen LogP contribution in [0.25, 0.3) is 0 Å². The Morgan fingerprint density at radius 3 is 2.23 bits per heavy atom. The molecule has 0 aliphatic carbocycles. The predicted octanol–water partition coefficient (Wildman–Crippen LogP) is 3.05. The van der Waals surface area contributed by atoms with Gasteiger partial charge in [-0.05, 0) is 42.5 Å². The molecular weight excluding hydrogens is 446 g/mol. The van der Waals surface area contributed by atoms with Gasteiger partial charge in [0, 0.05) is 38.4 Å². The summed E-state index contributed by atoms with van der Waals surface area (Å²) < 4.78 is 10.8. The Balaban J connectivity index is 1.46. The average Bonchev–Trinajstić information content (AvgIpc) is 3.07. The summed E-state index contributed by atoms with van der Waals surface area (Å²) in [5.74, 6) is 1.26. The van der Waals surface area contributed by atoms with Crippen LogP contribution in [0.3, 0.4) is 0 Å². The number of methoxy groups -OCH3 is 2. The van der Waals surface area contributed by atoms with E-state index in [2.05, 4.69) is 4.90 Å². The third-order valence-corrected chi connectivity index (χ3v) is 6.85. The van der Waals surface area contributed by atoms with Crippen molar-refractivity contribution >= 4 is 11.9 Å². The number of carbonyl (C=O) groups excluding carboxylic acids is 2. The molecule has 8 nitrogen and oxygen atoms in total. The van der Waals surface area contributed by atoms with E-state index >= 15 is 0 Å². The molecular formula is C27H33N3O5. The lowest BCUT2D eigenvalue weighted by Crippen LogP contribution is -2.56. The van der Waals surface area contributed by atoms with Gasteiger partial charge in [0.15, 0.2) is 0 Å². The molecule has 35 heavy (non-hydrogen) atoms. The molecule has 2 aliphatic heterocycles. The summed E-state index contributed by atoms with van der Waals surface area (Å²) in [6.07, 6.45) is 5.09. The summed E-state index contributed by atoms with van der Waals surface area (Å²) in [6.45, 7) is 1.95. The zero-order valence-corrected chi connectivity index (χ0v) is 20.4. The zero-order valence-electron chi connectivity index (χ0n) is 20.4. The Morgan fingerprint density at radius 1 is 0.971 bits per heavy atom. The number of benzene rings is 2. The summed E-state index contributed by atoms with van der Waals surface area (Å²) in [4.78, 5) is 31.7. The molecule has 2 aromatic carbocycles. The predicted molar refractivity (Wildman–Crippen MR) is 132 cm³/mol. The lowest BCUT2D eigenvalue weighted by molar-refractivity contribution is -0.134. The van der Waals surface area contributed by atoms with Crippen LogP contribution in [-0.2, 0) is 17.8 Å². The van der Waals surface area contributed by atoms with E-state index in [-0.39, 0.29) is 25.1 Å². The highest BCUT2D eigenvalue weighted by Crippen LogP contribution is 2.38. The van der Waals surface area contributed by atoms with Gasteiger partial charge < -0.3 is 19.5 Å². The smallest absolute Gasteiger partial charge is 0.331 e. The van der Waals surface area contributed by atoms with Crippen LogP contribution in [0, 0.1) is 0 Å². The van der Waals surface area contributed by atoms with E-state index in [1.165, 1.54) is 4.90 Å². The molecule has 186 valence electrons. The highest BCUT2D eigenvalue weighted by molar-refractivity contribution is 6.08. The highest BCUT2D eigenvalue weighted by Gasteiger charge is 2.57. The van der Waals surface area contributed by atoms with Gasteiger partial charge in [0.05, 0.1) is 20.8 Å². The minimum Gasteiger partial charge on any atom is -0.497 e. The molecule has 2 saturated heterocycles. The largest absolute Gasteiger partial charge is 0.497 e. The Labute approximate surface area is 206 Å². The minimum absolute atomic E-state index is 0.140. The number of aliphatic hydroxyl groups is 1. The van der Waals surface area contributed by atoms with Gasteiger partial charge in [0.1, 0.15) is 17.0 Å². The maximum atomic E-state index is 13.5. The standard InChI is InChI=1S/C27H33N3O5/c1-34-23-17-22(18-24(19-23)35-2)20-28-13-10-27(11-14-28)25(32)29(26(33)30(27)15-16-31)12-6-9-21-7-4-3-5-8-21/h3-8,12,17-19,31H,9-11,13-16,20H2,1-2H3/b12-6+. The number of likely N-dealkylation sites (tertiary alicyclic amines) is 1. The number of allylic oxidation sites excluding steroid dienone is 1. The first kappa shape index (κ1) is 24.8. The van der Waals surface area contributed by atoms with Gasteiger partial charge in [0.2, 0.25) is 0 Å². The number of β-amino-alcohol motifs (C(OH)–C–C–N with tert-alkyl or cyclic N) is 1. The molecule has 3 amide bonds. The monoisotopic (exact) mass is 479 g/mol. The van der Waals surface area contributed by atoms with Crippen molar-refractivity contribution in [1.29, 1.82) is 0 Å². The van der Waals surface area contributed by atoms with Crippen LogP contribution in [0.15, 0.2) is 60.8 Å². The highest BCUT2D eigenvalue weighted by atomic mass is 16.5. The summed E-state index contributed by atoms with van der Waals surface area (Å²) >= 11 is 0.